The van der Waals surface area contributed by atoms with E-state index in [1.54, 1.807) is 36.4 Å². The maximum atomic E-state index is 13.4. The molecule has 5 amide bonds. The molecule has 2 saturated heterocycles. The number of imide groups is 2. The molecule has 0 aromatic heterocycles. The van der Waals surface area contributed by atoms with Gasteiger partial charge in [0, 0.05) is 41.5 Å². The molecule has 12 nitrogen and oxygen atoms in total. The summed E-state index contributed by atoms with van der Waals surface area (Å²) in [6.07, 6.45) is 2.80. The molecule has 56 heavy (non-hydrogen) atoms. The number of nitrogens with one attached hydrogen (secondary N) is 2. The fourth-order valence-corrected chi connectivity index (χ4v) is 9.44. The van der Waals surface area contributed by atoms with E-state index in [-0.39, 0.29) is 52.9 Å². The van der Waals surface area contributed by atoms with Crippen LogP contribution in [0.2, 0.25) is 5.02 Å². The Kier molecular flexibility index (Phi) is 10.7. The fraction of sp³-hybridized carbons (Fsp3) is 0.442. The normalized spacial score (nSPS) is 23.1. The van der Waals surface area contributed by atoms with Crippen molar-refractivity contribution in [2.45, 2.75) is 83.9 Å². The zero-order valence-corrected chi connectivity index (χ0v) is 32.8. The lowest BCUT2D eigenvalue weighted by Gasteiger charge is -2.63. The molecule has 1 aliphatic carbocycles. The van der Waals surface area contributed by atoms with Crippen LogP contribution in [0, 0.1) is 22.2 Å². The Morgan fingerprint density at radius 1 is 0.911 bits per heavy atom. The molecular formula is C43H46ClN5O7. The predicted molar refractivity (Wildman–Crippen MR) is 207 cm³/mol. The Bertz CT molecular complexity index is 2100. The number of hydrogen-bond acceptors (Lipinski definition) is 9. The molecule has 0 radical (unpaired) electrons. The van der Waals surface area contributed by atoms with Crippen molar-refractivity contribution in [3.05, 3.63) is 93.5 Å². The lowest BCUT2D eigenvalue weighted by molar-refractivity contribution is -0.164. The van der Waals surface area contributed by atoms with Crippen molar-refractivity contribution in [2.24, 2.45) is 10.8 Å². The van der Waals surface area contributed by atoms with Crippen molar-refractivity contribution >= 4 is 41.1 Å². The lowest BCUT2D eigenvalue weighted by atomic mass is 9.49. The van der Waals surface area contributed by atoms with Crippen LogP contribution in [0.5, 0.6) is 11.5 Å². The van der Waals surface area contributed by atoms with Gasteiger partial charge in [0.25, 0.3) is 17.7 Å². The third-order valence-corrected chi connectivity index (χ3v) is 12.3. The van der Waals surface area contributed by atoms with E-state index in [9.17, 15) is 29.2 Å². The zero-order valence-electron chi connectivity index (χ0n) is 32.0. The highest BCUT2D eigenvalue weighted by Crippen LogP contribution is 2.55. The van der Waals surface area contributed by atoms with E-state index >= 15 is 0 Å². The molecule has 3 heterocycles. The molecule has 13 heteroatoms. The number of ether oxygens (including phenoxy) is 2. The summed E-state index contributed by atoms with van der Waals surface area (Å²) >= 11 is 6.24. The minimum absolute atomic E-state index is 0.0708. The largest absolute Gasteiger partial charge is 0.494 e. The van der Waals surface area contributed by atoms with E-state index in [0.717, 1.165) is 43.8 Å². The number of benzene rings is 3. The van der Waals surface area contributed by atoms with Gasteiger partial charge < -0.3 is 19.7 Å². The van der Waals surface area contributed by atoms with Crippen LogP contribution >= 0.6 is 11.6 Å². The van der Waals surface area contributed by atoms with Crippen LogP contribution in [0.25, 0.3) is 0 Å². The van der Waals surface area contributed by atoms with Crippen molar-refractivity contribution in [1.82, 2.24) is 20.4 Å². The minimum Gasteiger partial charge on any atom is -0.494 e. The van der Waals surface area contributed by atoms with Gasteiger partial charge in [0.05, 0.1) is 28.3 Å². The quantitative estimate of drug-likeness (QED) is 0.179. The van der Waals surface area contributed by atoms with Gasteiger partial charge in [0.15, 0.2) is 0 Å². The third-order valence-electron chi connectivity index (χ3n) is 12.0. The number of amides is 5. The first kappa shape index (κ1) is 39.0. The minimum atomic E-state index is -1.00. The van der Waals surface area contributed by atoms with E-state index < -0.39 is 29.7 Å². The molecule has 1 saturated carbocycles. The number of nitrogens with zero attached hydrogens (tertiary/aromatic N) is 3. The molecule has 1 unspecified atom stereocenters. The van der Waals surface area contributed by atoms with Crippen molar-refractivity contribution in [1.29, 1.82) is 5.26 Å². The van der Waals surface area contributed by atoms with Crippen LogP contribution in [0.3, 0.4) is 0 Å². The lowest BCUT2D eigenvalue weighted by Crippen LogP contribution is -2.74. The molecule has 0 bridgehead atoms. The zero-order chi connectivity index (χ0) is 39.9. The van der Waals surface area contributed by atoms with Gasteiger partial charge in [-0.15, -0.1) is 0 Å². The molecule has 292 valence electrons. The molecular weight excluding hydrogens is 734 g/mol. The maximum absolute atomic E-state index is 13.4. The van der Waals surface area contributed by atoms with E-state index in [2.05, 4.69) is 61.4 Å². The number of carbonyl (C=O) groups is 5. The molecule has 7 rings (SSSR count). The topological polar surface area (TPSA) is 158 Å². The van der Waals surface area contributed by atoms with Crippen molar-refractivity contribution in [3.8, 4) is 17.6 Å². The number of fused-ring (bicyclic) bond motifs is 1. The second-order valence-electron chi connectivity index (χ2n) is 16.4. The second-order valence-corrected chi connectivity index (χ2v) is 16.8. The van der Waals surface area contributed by atoms with Crippen LogP contribution in [0.4, 0.5) is 0 Å². The number of likely N-dealkylation sites (tertiary alicyclic amines) is 1. The van der Waals surface area contributed by atoms with Gasteiger partial charge in [-0.2, -0.15) is 5.26 Å². The molecule has 4 aliphatic rings. The van der Waals surface area contributed by atoms with Gasteiger partial charge in [-0.3, -0.25) is 34.2 Å². The molecule has 3 aromatic carbocycles. The van der Waals surface area contributed by atoms with Gasteiger partial charge >= 0.3 is 0 Å². The number of halogens is 1. The first-order valence-corrected chi connectivity index (χ1v) is 19.5. The standard InChI is InChI=1S/C43H46ClN5O7/c1-42(2)40(43(3,4)41(42)56-30-11-10-28(24-45)33(44)23-30)47-36(51)27-8-6-25(7-9-27)26-16-19-48(20-17-26)18-5-21-55-29-12-13-31-32(22-29)39(54)49(38(31)53)34-14-15-35(50)46-37(34)52/h6-13,22-23,26,34,40-41H,5,14-21H2,1-4H3,(H,47,51)(H,46,50,52). The van der Waals surface area contributed by atoms with Crippen molar-refractivity contribution < 1.29 is 33.4 Å². The summed E-state index contributed by atoms with van der Waals surface area (Å²) in [5, 5.41) is 15.0. The highest BCUT2D eigenvalue weighted by atomic mass is 35.5. The van der Waals surface area contributed by atoms with Gasteiger partial charge in [0.1, 0.15) is 29.7 Å². The third kappa shape index (κ3) is 7.38. The molecule has 0 spiro atoms. The number of piperidine rings is 2. The summed E-state index contributed by atoms with van der Waals surface area (Å²) in [7, 11) is 0. The van der Waals surface area contributed by atoms with E-state index in [1.165, 1.54) is 5.56 Å². The highest BCUT2D eigenvalue weighted by molar-refractivity contribution is 6.31. The smallest absolute Gasteiger partial charge is 0.262 e. The Hall–Kier alpha value is -5.25. The summed E-state index contributed by atoms with van der Waals surface area (Å²) in [6, 6.07) is 18.7. The summed E-state index contributed by atoms with van der Waals surface area (Å²) in [4.78, 5) is 66.8. The van der Waals surface area contributed by atoms with Gasteiger partial charge in [-0.05, 0) is 92.7 Å². The number of nitriles is 1. The number of carbonyl (C=O) groups excluding carboxylic acids is 5. The molecule has 1 atom stereocenters. The average Bonchev–Trinajstić information content (AvgIpc) is 3.42. The molecule has 3 fully saturated rings. The summed E-state index contributed by atoms with van der Waals surface area (Å²) in [6.45, 7) is 11.5. The molecule has 2 N–H and O–H groups in total. The summed E-state index contributed by atoms with van der Waals surface area (Å²) in [5.74, 6) is -0.778. The van der Waals surface area contributed by atoms with E-state index in [1.807, 2.05) is 12.1 Å². The van der Waals surface area contributed by atoms with Crippen LogP contribution in [0.1, 0.15) is 108 Å². The number of hydrogen-bond donors (Lipinski definition) is 2. The van der Waals surface area contributed by atoms with Crippen LogP contribution in [-0.2, 0) is 9.59 Å². The van der Waals surface area contributed by atoms with Gasteiger partial charge in [0.2, 0.25) is 11.8 Å². The molecule has 3 aliphatic heterocycles. The number of rotatable bonds is 11. The SMILES string of the molecule is CC1(C)C(NC(=O)c2ccc(C3CCN(CCCOc4ccc5c(c4)C(=O)N(C4CCC(=O)NC4=O)C5=O)CC3)cc2)C(C)(C)C1Oc1ccc(C#N)c(Cl)c1. The van der Waals surface area contributed by atoms with Gasteiger partial charge in [-0.1, -0.05) is 51.4 Å². The summed E-state index contributed by atoms with van der Waals surface area (Å²) < 4.78 is 12.3. The van der Waals surface area contributed by atoms with Crippen LogP contribution < -0.4 is 20.1 Å². The maximum Gasteiger partial charge on any atom is 0.262 e. The van der Waals surface area contributed by atoms with Crippen LogP contribution in [-0.4, -0.2) is 83.8 Å². The Morgan fingerprint density at radius 2 is 1.59 bits per heavy atom. The average molecular weight is 780 g/mol. The Balaban J connectivity index is 0.847. The fourth-order valence-electron chi connectivity index (χ4n) is 9.22. The molecule has 3 aromatic rings. The first-order chi connectivity index (χ1) is 26.7. The highest BCUT2D eigenvalue weighted by Gasteiger charge is 2.64. The second kappa shape index (κ2) is 15.4. The Morgan fingerprint density at radius 3 is 2.25 bits per heavy atom. The van der Waals surface area contributed by atoms with Crippen LogP contribution in [0.15, 0.2) is 60.7 Å². The summed E-state index contributed by atoms with van der Waals surface area (Å²) in [5.41, 5.74) is 1.95. The van der Waals surface area contributed by atoms with Crippen molar-refractivity contribution in [3.63, 3.8) is 0 Å². The first-order valence-electron chi connectivity index (χ1n) is 19.2. The van der Waals surface area contributed by atoms with Gasteiger partial charge in [-0.25, -0.2) is 0 Å². The Labute approximate surface area is 331 Å². The van der Waals surface area contributed by atoms with E-state index in [0.29, 0.717) is 40.2 Å². The van der Waals surface area contributed by atoms with E-state index in [4.69, 9.17) is 21.1 Å². The predicted octanol–water partition coefficient (Wildman–Crippen LogP) is 5.87. The monoisotopic (exact) mass is 779 g/mol. The van der Waals surface area contributed by atoms with Crippen molar-refractivity contribution in [2.75, 3.05) is 26.2 Å².